The smallest absolute Gasteiger partial charge is 0.346 e. The van der Waals surface area contributed by atoms with Crippen molar-refractivity contribution in [2.24, 2.45) is 0 Å². The van der Waals surface area contributed by atoms with E-state index in [-0.39, 0.29) is 26.8 Å². The molecular formula is C5H10OW. The Morgan fingerprint density at radius 2 is 1.43 bits per heavy atom. The minimum Gasteiger partial charge on any atom is -0.346 e. The van der Waals surface area contributed by atoms with Gasteiger partial charge in [0.15, 0.2) is 0 Å². The molecule has 2 heteroatoms. The molecule has 0 bridgehead atoms. The maximum absolute atomic E-state index is 9.33. The van der Waals surface area contributed by atoms with Gasteiger partial charge < -0.3 is 18.6 Å². The van der Waals surface area contributed by atoms with Gasteiger partial charge in [0.1, 0.15) is 0 Å². The molecule has 0 aliphatic carbocycles. The molecule has 0 amide bonds. The summed E-state index contributed by atoms with van der Waals surface area (Å²) in [6.07, 6.45) is 0. The van der Waals surface area contributed by atoms with Crippen molar-refractivity contribution in [3.05, 3.63) is 13.8 Å². The summed E-state index contributed by atoms with van der Waals surface area (Å²) < 4.78 is 0. The Kier molecular flexibility index (Phi) is 36.6. The third-order valence-electron chi connectivity index (χ3n) is 0. The number of ketones is 1. The van der Waals surface area contributed by atoms with Crippen LogP contribution in [0.3, 0.4) is 0 Å². The molecule has 0 aromatic carbocycles. The molecular weight excluding hydrogens is 260 g/mol. The average Bonchev–Trinajstić information content (AvgIpc) is 1.41. The molecule has 0 radical (unpaired) electrons. The topological polar surface area (TPSA) is 17.1 Å². The Morgan fingerprint density at radius 1 is 1.43 bits per heavy atom. The fraction of sp³-hybridized carbons (Fsp3) is 0.400. The van der Waals surface area contributed by atoms with Crippen LogP contribution >= 0.6 is 0 Å². The monoisotopic (exact) mass is 270 g/mol. The van der Waals surface area contributed by atoms with Crippen LogP contribution in [-0.2, 0) is 25.9 Å². The van der Waals surface area contributed by atoms with Crippen molar-refractivity contribution in [1.82, 2.24) is 0 Å². The third kappa shape index (κ3) is 2140. The van der Waals surface area contributed by atoms with Crippen LogP contribution in [-0.4, -0.2) is 5.78 Å². The van der Waals surface area contributed by atoms with Gasteiger partial charge in [0.25, 0.3) is 0 Å². The van der Waals surface area contributed by atoms with Crippen LogP contribution in [0.1, 0.15) is 13.8 Å². The first kappa shape index (κ1) is 15.7. The summed E-state index contributed by atoms with van der Waals surface area (Å²) in [4.78, 5) is 9.33. The first-order valence-electron chi connectivity index (χ1n) is 1.76. The van der Waals surface area contributed by atoms with Gasteiger partial charge in [-0.05, 0) is 12.7 Å². The molecule has 1 nitrogen and oxygen atoms in total. The summed E-state index contributed by atoms with van der Waals surface area (Å²) in [7, 11) is 0. The van der Waals surface area contributed by atoms with Crippen molar-refractivity contribution >= 4 is 5.78 Å². The molecule has 0 aliphatic heterocycles. The van der Waals surface area contributed by atoms with Gasteiger partial charge in [-0.1, -0.05) is 0 Å². The predicted octanol–water partition coefficient (Wildman–Crippen LogP) is 1.25. The molecule has 0 fully saturated rings. The number of carbonyl (C=O) groups excluding carboxylic acids is 1. The number of carbonyl (C=O) groups is 1. The largest absolute Gasteiger partial charge is 2.00 e. The van der Waals surface area contributed by atoms with Gasteiger partial charge in [-0.2, -0.15) is 6.92 Å². The quantitative estimate of drug-likeness (QED) is 0.605. The van der Waals surface area contributed by atoms with Crippen molar-refractivity contribution in [3.63, 3.8) is 0 Å². The van der Waals surface area contributed by atoms with Crippen LogP contribution in [0.25, 0.3) is 0 Å². The maximum atomic E-state index is 9.33. The van der Waals surface area contributed by atoms with Crippen LogP contribution in [0.4, 0.5) is 0 Å². The Morgan fingerprint density at radius 3 is 1.43 bits per heavy atom. The summed E-state index contributed by atoms with van der Waals surface area (Å²) in [5, 5.41) is 0. The van der Waals surface area contributed by atoms with E-state index in [1.54, 1.807) is 6.92 Å². The molecule has 0 saturated heterocycles. The Labute approximate surface area is 59.8 Å². The van der Waals surface area contributed by atoms with Gasteiger partial charge in [-0.15, -0.1) is 0 Å². The van der Waals surface area contributed by atoms with Crippen LogP contribution in [0, 0.1) is 13.8 Å². The van der Waals surface area contributed by atoms with E-state index in [1.165, 1.54) is 6.92 Å². The molecule has 0 aromatic heterocycles. The standard InChI is InChI=1S/C3H5O.C2H5.W/c1-3(2)4;1-2;/h1H2,2H3;1H2,2H3;/q2*-1;+2. The number of hydrogen-bond donors (Lipinski definition) is 0. The Hall–Kier alpha value is 0.228. The molecule has 7 heavy (non-hydrogen) atoms. The van der Waals surface area contributed by atoms with Crippen LogP contribution in [0.15, 0.2) is 0 Å². The minimum atomic E-state index is -0.0833. The van der Waals surface area contributed by atoms with Gasteiger partial charge >= 0.3 is 21.1 Å². The van der Waals surface area contributed by atoms with Gasteiger partial charge in [0, 0.05) is 0 Å². The molecule has 0 spiro atoms. The van der Waals surface area contributed by atoms with E-state index in [2.05, 4.69) is 13.8 Å². The van der Waals surface area contributed by atoms with Gasteiger partial charge in [-0.25, -0.2) is 0 Å². The molecule has 0 saturated carbocycles. The van der Waals surface area contributed by atoms with E-state index >= 15 is 0 Å². The minimum absolute atomic E-state index is 0. The molecule has 0 atom stereocenters. The molecule has 0 aromatic rings. The maximum Gasteiger partial charge on any atom is 2.00 e. The van der Waals surface area contributed by atoms with Crippen LogP contribution in [0.2, 0.25) is 0 Å². The molecule has 0 rings (SSSR count). The molecule has 0 N–H and O–H groups in total. The summed E-state index contributed by atoms with van der Waals surface area (Å²) in [5.41, 5.74) is 0. The molecule has 42 valence electrons. The van der Waals surface area contributed by atoms with Crippen molar-refractivity contribution < 1.29 is 25.9 Å². The summed E-state index contributed by atoms with van der Waals surface area (Å²) in [5.74, 6) is -0.0833. The second kappa shape index (κ2) is 16.3. The Balaban J connectivity index is -0.0000000480. The fourth-order valence-electron chi connectivity index (χ4n) is 0. The predicted molar refractivity (Wildman–Crippen MR) is 27.1 cm³/mol. The number of rotatable bonds is 0. The Bertz CT molecular complexity index is 31.1. The van der Waals surface area contributed by atoms with Crippen molar-refractivity contribution in [2.75, 3.05) is 0 Å². The number of hydrogen-bond acceptors (Lipinski definition) is 1. The van der Waals surface area contributed by atoms with Gasteiger partial charge in [0.05, 0.1) is 0 Å². The normalized spacial score (nSPS) is 4.43. The zero-order chi connectivity index (χ0) is 5.58. The van der Waals surface area contributed by atoms with E-state index in [4.69, 9.17) is 0 Å². The fourth-order valence-corrected chi connectivity index (χ4v) is 0. The van der Waals surface area contributed by atoms with E-state index in [1.807, 2.05) is 0 Å². The zero-order valence-corrected chi connectivity index (χ0v) is 7.66. The van der Waals surface area contributed by atoms with Gasteiger partial charge in [0.2, 0.25) is 0 Å². The summed E-state index contributed by atoms with van der Waals surface area (Å²) in [6, 6.07) is 0. The van der Waals surface area contributed by atoms with E-state index in [9.17, 15) is 4.79 Å². The second-order valence-electron chi connectivity index (χ2n) is 0.702. The summed E-state index contributed by atoms with van der Waals surface area (Å²) >= 11 is 0. The number of Topliss-reactive ketones (excluding diaryl/α,β-unsaturated/α-hetero) is 1. The SMILES string of the molecule is [CH2-]C.[CH2-]C(C)=O.[W+2]. The molecule has 0 aliphatic rings. The third-order valence-corrected chi connectivity index (χ3v) is 0. The van der Waals surface area contributed by atoms with Gasteiger partial charge in [-0.3, -0.25) is 0 Å². The van der Waals surface area contributed by atoms with E-state index in [0.29, 0.717) is 0 Å². The van der Waals surface area contributed by atoms with E-state index in [0.717, 1.165) is 0 Å². The first-order chi connectivity index (χ1) is 2.73. The molecule has 0 unspecified atom stereocenters. The van der Waals surface area contributed by atoms with E-state index < -0.39 is 0 Å². The summed E-state index contributed by atoms with van der Waals surface area (Å²) in [6.45, 7) is 9.42. The van der Waals surface area contributed by atoms with Crippen LogP contribution < -0.4 is 0 Å². The van der Waals surface area contributed by atoms with Crippen LogP contribution in [0.5, 0.6) is 0 Å². The molecule has 0 heterocycles. The van der Waals surface area contributed by atoms with Crippen molar-refractivity contribution in [3.8, 4) is 0 Å². The van der Waals surface area contributed by atoms with Crippen molar-refractivity contribution in [2.45, 2.75) is 13.8 Å². The van der Waals surface area contributed by atoms with Crippen molar-refractivity contribution in [1.29, 1.82) is 0 Å². The average molecular weight is 270 g/mol. The first-order valence-corrected chi connectivity index (χ1v) is 1.76. The second-order valence-corrected chi connectivity index (χ2v) is 0.702. The zero-order valence-electron chi connectivity index (χ0n) is 4.73.